The van der Waals surface area contributed by atoms with Crippen LogP contribution in [0.3, 0.4) is 0 Å². The Morgan fingerprint density at radius 1 is 0.396 bits per heavy atom. The zero-order chi connectivity index (χ0) is 38.7. The summed E-state index contributed by atoms with van der Waals surface area (Å²) in [7, 11) is 0. The van der Waals surface area contributed by atoms with Crippen molar-refractivity contribution in [2.24, 2.45) is 0 Å². The normalized spacial score (nSPS) is 12.6. The summed E-state index contributed by atoms with van der Waals surface area (Å²) in [5.41, 5.74) is 0. The molecule has 0 N–H and O–H groups in total. The van der Waals surface area contributed by atoms with Gasteiger partial charge in [0.25, 0.3) is 0 Å². The number of hydrogen-bond acceptors (Lipinski definition) is 6. The Balaban J connectivity index is 4.44. The summed E-state index contributed by atoms with van der Waals surface area (Å²) in [5.74, 6) is -0.952. The van der Waals surface area contributed by atoms with Crippen LogP contribution in [-0.4, -0.2) is 37.2 Å². The molecule has 0 saturated heterocycles. The minimum Gasteiger partial charge on any atom is -0.462 e. The van der Waals surface area contributed by atoms with Gasteiger partial charge in [0.05, 0.1) is 0 Å². The monoisotopic (exact) mass is 741 g/mol. The van der Waals surface area contributed by atoms with Gasteiger partial charge in [0.1, 0.15) is 13.2 Å². The van der Waals surface area contributed by atoms with Crippen LogP contribution in [0.25, 0.3) is 0 Å². The molecule has 0 aromatic rings. The van der Waals surface area contributed by atoms with Crippen molar-refractivity contribution >= 4 is 17.9 Å². The lowest BCUT2D eigenvalue weighted by atomic mass is 10.1. The molecule has 0 radical (unpaired) electrons. The minimum absolute atomic E-state index is 0.0904. The highest BCUT2D eigenvalue weighted by atomic mass is 16.6. The van der Waals surface area contributed by atoms with Gasteiger partial charge in [-0.3, -0.25) is 14.4 Å². The van der Waals surface area contributed by atoms with Crippen LogP contribution in [0.1, 0.15) is 201 Å². The third-order valence-electron chi connectivity index (χ3n) is 9.01. The topological polar surface area (TPSA) is 78.9 Å². The fourth-order valence-corrected chi connectivity index (χ4v) is 5.71. The molecular weight excluding hydrogens is 661 g/mol. The van der Waals surface area contributed by atoms with Gasteiger partial charge in [-0.2, -0.15) is 0 Å². The zero-order valence-corrected chi connectivity index (χ0v) is 34.5. The standard InChI is InChI=1S/C47H80O6/c1-4-7-10-13-16-19-21-22-23-24-26-28-31-34-37-40-46(49)52-43-44(42-51-45(48)39-36-33-30-27-18-15-12-9-6-3)53-47(50)41-38-35-32-29-25-20-17-14-11-8-5-2/h7,10,14,16-17,19,22-23,26,28,44H,4-6,8-9,11-13,15,18,20-21,24-25,27,29-43H2,1-3H3/b10-7-,17-14-,19-16-,23-22-,28-26-. The molecule has 53 heavy (non-hydrogen) atoms. The molecule has 6 nitrogen and oxygen atoms in total. The first kappa shape index (κ1) is 50.1. The highest BCUT2D eigenvalue weighted by Crippen LogP contribution is 2.13. The zero-order valence-electron chi connectivity index (χ0n) is 34.5. The maximum absolute atomic E-state index is 12.7. The summed E-state index contributed by atoms with van der Waals surface area (Å²) >= 11 is 0. The average molecular weight is 741 g/mol. The van der Waals surface area contributed by atoms with Crippen LogP contribution in [0.2, 0.25) is 0 Å². The predicted octanol–water partition coefficient (Wildman–Crippen LogP) is 13.7. The molecule has 0 aliphatic carbocycles. The number of unbranched alkanes of at least 4 members (excludes halogenated alkanes) is 17. The lowest BCUT2D eigenvalue weighted by Gasteiger charge is -2.18. The SMILES string of the molecule is CC/C=C\C/C=C\C/C=C\C/C=C\CCCCC(=O)OCC(COC(=O)CCCCCCCCCCC)OC(=O)CCCCCCC/C=C\CCCC. The van der Waals surface area contributed by atoms with E-state index < -0.39 is 6.10 Å². The van der Waals surface area contributed by atoms with Crippen molar-refractivity contribution < 1.29 is 28.6 Å². The van der Waals surface area contributed by atoms with E-state index in [1.54, 1.807) is 0 Å². The summed E-state index contributed by atoms with van der Waals surface area (Å²) in [6.45, 7) is 6.40. The molecule has 0 rings (SSSR count). The lowest BCUT2D eigenvalue weighted by molar-refractivity contribution is -0.167. The van der Waals surface area contributed by atoms with E-state index in [2.05, 4.69) is 81.5 Å². The van der Waals surface area contributed by atoms with Crippen LogP contribution in [0.5, 0.6) is 0 Å². The molecule has 0 heterocycles. The van der Waals surface area contributed by atoms with Crippen molar-refractivity contribution in [2.45, 2.75) is 207 Å². The lowest BCUT2D eigenvalue weighted by Crippen LogP contribution is -2.30. The van der Waals surface area contributed by atoms with Crippen LogP contribution in [0, 0.1) is 0 Å². The molecule has 6 heteroatoms. The molecule has 0 amide bonds. The van der Waals surface area contributed by atoms with E-state index in [4.69, 9.17) is 14.2 Å². The molecule has 0 spiro atoms. The molecule has 1 atom stereocenters. The van der Waals surface area contributed by atoms with E-state index in [-0.39, 0.29) is 31.1 Å². The molecule has 0 aromatic heterocycles. The maximum atomic E-state index is 12.7. The summed E-state index contributed by atoms with van der Waals surface area (Å²) in [5, 5.41) is 0. The third-order valence-corrected chi connectivity index (χ3v) is 9.01. The summed E-state index contributed by atoms with van der Waals surface area (Å²) in [6.07, 6.45) is 49.2. The number of esters is 3. The van der Waals surface area contributed by atoms with E-state index in [9.17, 15) is 14.4 Å². The second kappa shape index (κ2) is 41.9. The number of hydrogen-bond donors (Lipinski definition) is 0. The number of rotatable bonds is 38. The number of allylic oxidation sites excluding steroid dienone is 10. The molecule has 0 aromatic carbocycles. The van der Waals surface area contributed by atoms with Gasteiger partial charge < -0.3 is 14.2 Å². The highest BCUT2D eigenvalue weighted by molar-refractivity contribution is 5.71. The van der Waals surface area contributed by atoms with Crippen molar-refractivity contribution in [2.75, 3.05) is 13.2 Å². The van der Waals surface area contributed by atoms with Gasteiger partial charge in [-0.05, 0) is 77.0 Å². The fourth-order valence-electron chi connectivity index (χ4n) is 5.71. The molecule has 304 valence electrons. The Labute approximate surface area is 326 Å². The third kappa shape index (κ3) is 40.1. The Bertz CT molecular complexity index is 991. The van der Waals surface area contributed by atoms with E-state index in [1.165, 1.54) is 64.2 Å². The number of carbonyl (C=O) groups is 3. The molecule has 0 aliphatic heterocycles. The van der Waals surface area contributed by atoms with Crippen LogP contribution < -0.4 is 0 Å². The summed E-state index contributed by atoms with van der Waals surface area (Å²) in [4.78, 5) is 37.6. The predicted molar refractivity (Wildman–Crippen MR) is 224 cm³/mol. The van der Waals surface area contributed by atoms with Gasteiger partial charge >= 0.3 is 17.9 Å². The van der Waals surface area contributed by atoms with Crippen molar-refractivity contribution in [3.05, 3.63) is 60.8 Å². The van der Waals surface area contributed by atoms with E-state index in [0.717, 1.165) is 96.3 Å². The van der Waals surface area contributed by atoms with Crippen LogP contribution in [0.15, 0.2) is 60.8 Å². The molecule has 0 aliphatic rings. The number of carbonyl (C=O) groups excluding carboxylic acids is 3. The quantitative estimate of drug-likeness (QED) is 0.0271. The minimum atomic E-state index is -0.789. The van der Waals surface area contributed by atoms with E-state index >= 15 is 0 Å². The first-order chi connectivity index (χ1) is 26.0. The van der Waals surface area contributed by atoms with Crippen LogP contribution in [0.4, 0.5) is 0 Å². The summed E-state index contributed by atoms with van der Waals surface area (Å²) in [6, 6.07) is 0. The van der Waals surface area contributed by atoms with Gasteiger partial charge in [-0.15, -0.1) is 0 Å². The Morgan fingerprint density at radius 3 is 1.26 bits per heavy atom. The van der Waals surface area contributed by atoms with Gasteiger partial charge in [0.15, 0.2) is 6.10 Å². The fraction of sp³-hybridized carbons (Fsp3) is 0.723. The van der Waals surface area contributed by atoms with Crippen LogP contribution >= 0.6 is 0 Å². The van der Waals surface area contributed by atoms with E-state index in [0.29, 0.717) is 19.3 Å². The molecule has 0 bridgehead atoms. The van der Waals surface area contributed by atoms with Crippen molar-refractivity contribution in [1.29, 1.82) is 0 Å². The maximum Gasteiger partial charge on any atom is 0.306 e. The Morgan fingerprint density at radius 2 is 0.755 bits per heavy atom. The van der Waals surface area contributed by atoms with Crippen molar-refractivity contribution in [3.63, 3.8) is 0 Å². The first-order valence-electron chi connectivity index (χ1n) is 21.8. The van der Waals surface area contributed by atoms with Crippen molar-refractivity contribution in [1.82, 2.24) is 0 Å². The summed E-state index contributed by atoms with van der Waals surface area (Å²) < 4.78 is 16.6. The first-order valence-corrected chi connectivity index (χ1v) is 21.8. The van der Waals surface area contributed by atoms with Crippen LogP contribution in [-0.2, 0) is 28.6 Å². The second-order valence-electron chi connectivity index (χ2n) is 14.2. The molecule has 1 unspecified atom stereocenters. The highest BCUT2D eigenvalue weighted by Gasteiger charge is 2.19. The van der Waals surface area contributed by atoms with Gasteiger partial charge in [-0.1, -0.05) is 165 Å². The Kier molecular flexibility index (Phi) is 39.6. The largest absolute Gasteiger partial charge is 0.462 e. The molecular formula is C47H80O6. The van der Waals surface area contributed by atoms with Crippen molar-refractivity contribution in [3.8, 4) is 0 Å². The van der Waals surface area contributed by atoms with Gasteiger partial charge in [0.2, 0.25) is 0 Å². The van der Waals surface area contributed by atoms with Gasteiger partial charge in [-0.25, -0.2) is 0 Å². The van der Waals surface area contributed by atoms with Gasteiger partial charge in [0, 0.05) is 19.3 Å². The smallest absolute Gasteiger partial charge is 0.306 e. The molecule has 0 fully saturated rings. The molecule has 0 saturated carbocycles. The second-order valence-corrected chi connectivity index (χ2v) is 14.2. The number of ether oxygens (including phenoxy) is 3. The van der Waals surface area contributed by atoms with E-state index in [1.807, 2.05) is 0 Å². The average Bonchev–Trinajstić information content (AvgIpc) is 3.15. The Hall–Kier alpha value is -2.89.